The minimum absolute atomic E-state index is 0.0226. The first-order valence-electron chi connectivity index (χ1n) is 9.87. The lowest BCUT2D eigenvalue weighted by molar-refractivity contribution is 0.0686. The largest absolute Gasteiger partial charge is 0.476 e. The second-order valence-electron chi connectivity index (χ2n) is 7.06. The third-order valence-corrected chi connectivity index (χ3v) is 5.11. The zero-order chi connectivity index (χ0) is 24.2. The van der Waals surface area contributed by atoms with Gasteiger partial charge in [-0.25, -0.2) is 14.2 Å². The van der Waals surface area contributed by atoms with Gasteiger partial charge in [0.2, 0.25) is 0 Å². The Hall–Kier alpha value is -4.50. The number of imidazole rings is 1. The number of hydrogen-bond donors (Lipinski definition) is 3. The van der Waals surface area contributed by atoms with Crippen molar-refractivity contribution in [3.63, 3.8) is 0 Å². The molecule has 0 saturated heterocycles. The van der Waals surface area contributed by atoms with Crippen molar-refractivity contribution in [2.75, 3.05) is 10.6 Å². The Morgan fingerprint density at radius 2 is 1.50 bits per heavy atom. The molecule has 170 valence electrons. The molecule has 0 aliphatic carbocycles. The number of aromatic carboxylic acids is 1. The van der Waals surface area contributed by atoms with Crippen molar-refractivity contribution in [3.8, 4) is 5.69 Å². The van der Waals surface area contributed by atoms with Crippen molar-refractivity contribution >= 4 is 40.8 Å². The standard InChI is InChI=1S/C24H16ClFN4O4/c25-19-12-14(26)6-11-18(19)22(31)28-15-7-9-16(10-8-15)29-23(32)21-20(24(33)34)27-13-30(21)17-4-2-1-3-5-17/h1-13H,(H,28,31)(H,29,32)(H,33,34). The first kappa shape index (κ1) is 22.7. The van der Waals surface area contributed by atoms with Crippen LogP contribution in [0.5, 0.6) is 0 Å². The number of aromatic nitrogens is 2. The zero-order valence-corrected chi connectivity index (χ0v) is 18.1. The highest BCUT2D eigenvalue weighted by Crippen LogP contribution is 2.21. The number of halogens is 2. The van der Waals surface area contributed by atoms with Gasteiger partial charge in [-0.15, -0.1) is 0 Å². The summed E-state index contributed by atoms with van der Waals surface area (Å²) in [4.78, 5) is 40.8. The Morgan fingerprint density at radius 1 is 0.882 bits per heavy atom. The van der Waals surface area contributed by atoms with Gasteiger partial charge in [0.15, 0.2) is 5.69 Å². The summed E-state index contributed by atoms with van der Waals surface area (Å²) in [6, 6.07) is 18.3. The van der Waals surface area contributed by atoms with Gasteiger partial charge in [0, 0.05) is 17.1 Å². The van der Waals surface area contributed by atoms with E-state index >= 15 is 0 Å². The predicted octanol–water partition coefficient (Wildman–Crippen LogP) is 4.87. The molecule has 0 atom stereocenters. The van der Waals surface area contributed by atoms with E-state index < -0.39 is 23.6 Å². The molecule has 0 radical (unpaired) electrons. The summed E-state index contributed by atoms with van der Waals surface area (Å²) in [5.41, 5.74) is 0.924. The number of anilines is 2. The summed E-state index contributed by atoms with van der Waals surface area (Å²) < 4.78 is 14.6. The molecule has 0 fully saturated rings. The second kappa shape index (κ2) is 9.55. The van der Waals surface area contributed by atoms with Gasteiger partial charge in [-0.3, -0.25) is 14.2 Å². The summed E-state index contributed by atoms with van der Waals surface area (Å²) in [6.07, 6.45) is 1.27. The van der Waals surface area contributed by atoms with Crippen LogP contribution in [0.2, 0.25) is 5.02 Å². The minimum Gasteiger partial charge on any atom is -0.476 e. The number of carboxylic acids is 1. The van der Waals surface area contributed by atoms with Crippen molar-refractivity contribution in [2.24, 2.45) is 0 Å². The van der Waals surface area contributed by atoms with Crippen LogP contribution in [-0.4, -0.2) is 32.4 Å². The van der Waals surface area contributed by atoms with Crippen molar-refractivity contribution in [2.45, 2.75) is 0 Å². The van der Waals surface area contributed by atoms with Crippen LogP contribution in [0.1, 0.15) is 31.3 Å². The Morgan fingerprint density at radius 3 is 2.09 bits per heavy atom. The molecule has 0 spiro atoms. The highest BCUT2D eigenvalue weighted by atomic mass is 35.5. The van der Waals surface area contributed by atoms with Crippen molar-refractivity contribution in [3.05, 3.63) is 107 Å². The second-order valence-corrected chi connectivity index (χ2v) is 7.47. The molecule has 8 nitrogen and oxygen atoms in total. The average molecular weight is 479 g/mol. The number of amides is 2. The first-order chi connectivity index (χ1) is 16.3. The Kier molecular flexibility index (Phi) is 6.37. The molecule has 0 aliphatic rings. The third-order valence-electron chi connectivity index (χ3n) is 4.80. The monoisotopic (exact) mass is 478 g/mol. The van der Waals surface area contributed by atoms with E-state index in [9.17, 15) is 23.9 Å². The molecule has 34 heavy (non-hydrogen) atoms. The summed E-state index contributed by atoms with van der Waals surface area (Å²) in [5, 5.41) is 14.7. The van der Waals surface area contributed by atoms with Gasteiger partial charge >= 0.3 is 5.97 Å². The number of carbonyl (C=O) groups excluding carboxylic acids is 2. The Balaban J connectivity index is 1.52. The van der Waals surface area contributed by atoms with E-state index in [4.69, 9.17) is 11.6 Å². The molecule has 1 heterocycles. The van der Waals surface area contributed by atoms with Gasteiger partial charge in [-0.1, -0.05) is 29.8 Å². The van der Waals surface area contributed by atoms with Gasteiger partial charge in [0.05, 0.1) is 10.6 Å². The molecule has 2 amide bonds. The summed E-state index contributed by atoms with van der Waals surface area (Å²) in [7, 11) is 0. The molecule has 3 aromatic carbocycles. The SMILES string of the molecule is O=C(Nc1ccc(NC(=O)c2c(C(=O)O)ncn2-c2ccccc2)cc1)c1ccc(F)cc1Cl. The maximum atomic E-state index is 13.2. The molecule has 4 rings (SSSR count). The van der Waals surface area contributed by atoms with E-state index in [-0.39, 0.29) is 22.0 Å². The maximum Gasteiger partial charge on any atom is 0.356 e. The molecule has 10 heteroatoms. The molecule has 1 aromatic heterocycles. The van der Waals surface area contributed by atoms with Crippen LogP contribution in [0, 0.1) is 5.82 Å². The van der Waals surface area contributed by atoms with Crippen LogP contribution in [-0.2, 0) is 0 Å². The van der Waals surface area contributed by atoms with Gasteiger partial charge in [0.25, 0.3) is 11.8 Å². The number of benzene rings is 3. The molecule has 3 N–H and O–H groups in total. The van der Waals surface area contributed by atoms with Gasteiger partial charge in [-0.2, -0.15) is 0 Å². The number of para-hydroxylation sites is 1. The fourth-order valence-electron chi connectivity index (χ4n) is 3.21. The van der Waals surface area contributed by atoms with Crippen LogP contribution in [0.15, 0.2) is 79.1 Å². The molecule has 0 bridgehead atoms. The van der Waals surface area contributed by atoms with Gasteiger partial charge in [0.1, 0.15) is 17.8 Å². The van der Waals surface area contributed by atoms with Gasteiger partial charge < -0.3 is 15.7 Å². The Labute approximate surface area is 197 Å². The molecule has 0 unspecified atom stereocenters. The van der Waals surface area contributed by atoms with Crippen LogP contribution in [0.4, 0.5) is 15.8 Å². The fourth-order valence-corrected chi connectivity index (χ4v) is 3.46. The highest BCUT2D eigenvalue weighted by Gasteiger charge is 2.24. The van der Waals surface area contributed by atoms with Crippen LogP contribution < -0.4 is 10.6 Å². The fraction of sp³-hybridized carbons (Fsp3) is 0. The van der Waals surface area contributed by atoms with Crippen molar-refractivity contribution in [1.29, 1.82) is 0 Å². The smallest absolute Gasteiger partial charge is 0.356 e. The minimum atomic E-state index is -1.34. The molecular weight excluding hydrogens is 463 g/mol. The summed E-state index contributed by atoms with van der Waals surface area (Å²) in [6.45, 7) is 0. The average Bonchev–Trinajstić information content (AvgIpc) is 3.27. The lowest BCUT2D eigenvalue weighted by Crippen LogP contribution is -2.20. The van der Waals surface area contributed by atoms with E-state index in [0.29, 0.717) is 17.1 Å². The zero-order valence-electron chi connectivity index (χ0n) is 17.3. The van der Waals surface area contributed by atoms with Crippen LogP contribution in [0.3, 0.4) is 0 Å². The predicted molar refractivity (Wildman–Crippen MR) is 124 cm³/mol. The molecular formula is C24H16ClFN4O4. The van der Waals surface area contributed by atoms with E-state index in [2.05, 4.69) is 15.6 Å². The van der Waals surface area contributed by atoms with Crippen molar-refractivity contribution < 1.29 is 23.9 Å². The number of carboxylic acid groups (broad SMARTS) is 1. The normalized spacial score (nSPS) is 10.5. The van der Waals surface area contributed by atoms with Crippen molar-refractivity contribution in [1.82, 2.24) is 9.55 Å². The molecule has 0 saturated carbocycles. The lowest BCUT2D eigenvalue weighted by atomic mass is 10.2. The van der Waals surface area contributed by atoms with E-state index in [1.54, 1.807) is 30.3 Å². The number of hydrogen-bond acceptors (Lipinski definition) is 4. The maximum absolute atomic E-state index is 13.2. The van der Waals surface area contributed by atoms with E-state index in [1.165, 1.54) is 41.2 Å². The van der Waals surface area contributed by atoms with E-state index in [1.807, 2.05) is 0 Å². The lowest BCUT2D eigenvalue weighted by Gasteiger charge is -2.11. The van der Waals surface area contributed by atoms with Crippen LogP contribution >= 0.6 is 11.6 Å². The summed E-state index contributed by atoms with van der Waals surface area (Å²) >= 11 is 5.92. The third kappa shape index (κ3) is 4.79. The summed E-state index contributed by atoms with van der Waals surface area (Å²) in [5.74, 6) is -3.09. The van der Waals surface area contributed by atoms with Gasteiger partial charge in [-0.05, 0) is 54.6 Å². The topological polar surface area (TPSA) is 113 Å². The molecule has 0 aliphatic heterocycles. The Bertz CT molecular complexity index is 1390. The highest BCUT2D eigenvalue weighted by molar-refractivity contribution is 6.34. The molecule has 4 aromatic rings. The first-order valence-corrected chi connectivity index (χ1v) is 10.2. The quantitative estimate of drug-likeness (QED) is 0.366. The number of rotatable bonds is 6. The number of nitrogens with one attached hydrogen (secondary N) is 2. The van der Waals surface area contributed by atoms with E-state index in [0.717, 1.165) is 12.1 Å². The number of nitrogens with zero attached hydrogens (tertiary/aromatic N) is 2. The van der Waals surface area contributed by atoms with Crippen LogP contribution in [0.25, 0.3) is 5.69 Å². The number of carbonyl (C=O) groups is 3.